The first-order valence-corrected chi connectivity index (χ1v) is 56.2. The predicted molar refractivity (Wildman–Crippen MR) is 652 cm³/mol. The molecular formula is C144H148N4. The van der Waals surface area contributed by atoms with E-state index in [1.54, 1.807) is 0 Å². The highest BCUT2D eigenvalue weighted by Gasteiger charge is 2.35. The van der Waals surface area contributed by atoms with Gasteiger partial charge in [0.1, 0.15) is 0 Å². The van der Waals surface area contributed by atoms with Gasteiger partial charge in [-0.3, -0.25) is 0 Å². The average molecular weight is 1930 g/mol. The summed E-state index contributed by atoms with van der Waals surface area (Å²) in [6, 6.07) is 127. The maximum atomic E-state index is 2.47. The van der Waals surface area contributed by atoms with Crippen LogP contribution in [0.3, 0.4) is 0 Å². The number of para-hydroxylation sites is 4. The number of hydrogen-bond donors (Lipinski definition) is 0. The van der Waals surface area contributed by atoms with Gasteiger partial charge in [-0.2, -0.15) is 0 Å². The summed E-state index contributed by atoms with van der Waals surface area (Å²) in [4.78, 5) is 0. The van der Waals surface area contributed by atoms with Crippen molar-refractivity contribution >= 4 is 109 Å². The molecule has 0 unspecified atom stereocenters. The summed E-state index contributed by atoms with van der Waals surface area (Å²) in [6.07, 6.45) is 17.1. The molecule has 0 N–H and O–H groups in total. The first kappa shape index (κ1) is 104. The molecule has 4 heteroatoms. The van der Waals surface area contributed by atoms with E-state index in [0.29, 0.717) is 0 Å². The van der Waals surface area contributed by atoms with Gasteiger partial charge >= 0.3 is 0 Å². The molecule has 0 radical (unpaired) electrons. The molecule has 8 aliphatic carbocycles. The van der Waals surface area contributed by atoms with Crippen LogP contribution in [0.1, 0.15) is 255 Å². The van der Waals surface area contributed by atoms with E-state index in [1.165, 1.54) is 287 Å². The summed E-state index contributed by atoms with van der Waals surface area (Å²) >= 11 is 0. The Hall–Kier alpha value is -15.4. The molecule has 148 heavy (non-hydrogen) atoms. The molecule has 0 saturated heterocycles. The average Bonchev–Trinajstić information content (AvgIpc) is 1.57. The van der Waals surface area contributed by atoms with Gasteiger partial charge in [-0.1, -0.05) is 385 Å². The lowest BCUT2D eigenvalue weighted by molar-refractivity contribution is 1.16. The van der Waals surface area contributed by atoms with Gasteiger partial charge in [0.25, 0.3) is 0 Å². The number of benzene rings is 16. The van der Waals surface area contributed by atoms with Crippen molar-refractivity contribution in [3.8, 4) is 89.0 Å². The van der Waals surface area contributed by atoms with E-state index in [9.17, 15) is 0 Å². The van der Waals surface area contributed by atoms with E-state index in [1.807, 2.05) is 166 Å². The Morgan fingerprint density at radius 1 is 0.122 bits per heavy atom. The minimum Gasteiger partial charge on any atom is -0.316 e. The van der Waals surface area contributed by atoms with E-state index < -0.39 is 0 Å². The van der Waals surface area contributed by atoms with E-state index in [-0.39, 0.29) is 0 Å². The van der Waals surface area contributed by atoms with Gasteiger partial charge in [0, 0.05) is 67.9 Å². The van der Waals surface area contributed by atoms with Crippen molar-refractivity contribution in [2.75, 3.05) is 0 Å². The third-order valence-corrected chi connectivity index (χ3v) is 29.8. The molecule has 0 fully saturated rings. The smallest absolute Gasteiger partial charge is 0.0535 e. The number of fused-ring (bicyclic) bond motifs is 52. The zero-order valence-corrected chi connectivity index (χ0v) is 92.1. The normalized spacial score (nSPS) is 11.8. The Morgan fingerprint density at radius 3 is 0.703 bits per heavy atom. The van der Waals surface area contributed by atoms with Crippen molar-refractivity contribution < 1.29 is 0 Å². The number of pyridine rings is 4. The second-order valence-electron chi connectivity index (χ2n) is 35.9. The van der Waals surface area contributed by atoms with Crippen LogP contribution in [0, 0.1) is 0 Å². The molecule has 0 spiro atoms. The third kappa shape index (κ3) is 17.3. The molecule has 0 aliphatic heterocycles. The second-order valence-corrected chi connectivity index (χ2v) is 35.9. The molecule has 0 atom stereocenters. The van der Waals surface area contributed by atoms with Crippen molar-refractivity contribution in [3.05, 3.63) is 454 Å². The lowest BCUT2D eigenvalue weighted by Gasteiger charge is -2.13. The summed E-state index contributed by atoms with van der Waals surface area (Å²) < 4.78 is 9.34. The molecule has 0 bridgehead atoms. The Labute approximate surface area is 880 Å². The standard InChI is InChI=1S/4C30H19N.12C2H6/c1-2-7-21-18(6-1)15-27-22(21)12-11-19-14-20-16-25-23-8-3-4-9-28(23)31-13-5-10-29(31)26(25)17-24(20)30(19)27;1-2-7-20-18(6-1)14-25-21(20)11-12-22-24-17-27-23-8-3-4-9-29(23)31-13-5-10-30(31)28(27)16-19(24)15-26(22)25;1-2-7-21-18(6-1)14-19-11-12-22-24-17-25-23-8-3-4-9-28(23)31-13-5-10-29(31)26(25)15-20(24)16-27(22)30(19)21;1-2-7-22-18(6-1)14-19-11-12-20-15-21-16-25-23-8-3-4-9-27(23)31-13-5-10-28(31)26(25)17-24(21)30(20)29(19)22;12*1-2/h2*1-13,16-17H,14-15H2;1-13,15,17H,14,16H2;1-13,16-17H,14-15H2;12*1-2H3. The molecule has 8 aromatic heterocycles. The predicted octanol–water partition coefficient (Wildman–Crippen LogP) is 41.9. The molecule has 744 valence electrons. The molecule has 0 saturated carbocycles. The van der Waals surface area contributed by atoms with Crippen molar-refractivity contribution in [2.45, 2.75) is 218 Å². The third-order valence-electron chi connectivity index (χ3n) is 29.8. The molecule has 24 aromatic rings. The van der Waals surface area contributed by atoms with Crippen LogP contribution in [-0.4, -0.2) is 17.6 Å². The number of hydrogen-bond acceptors (Lipinski definition) is 0. The molecule has 8 aliphatic rings. The van der Waals surface area contributed by atoms with Crippen molar-refractivity contribution in [2.24, 2.45) is 0 Å². The van der Waals surface area contributed by atoms with Gasteiger partial charge in [-0.05, 0) is 372 Å². The molecule has 4 nitrogen and oxygen atoms in total. The van der Waals surface area contributed by atoms with Crippen molar-refractivity contribution in [3.63, 3.8) is 0 Å². The first-order chi connectivity index (χ1) is 73.5. The van der Waals surface area contributed by atoms with Gasteiger partial charge in [0.05, 0.1) is 44.1 Å². The quantitative estimate of drug-likeness (QED) is 0.135. The molecule has 32 rings (SSSR count). The van der Waals surface area contributed by atoms with E-state index in [0.717, 1.165) is 51.4 Å². The summed E-state index contributed by atoms with van der Waals surface area (Å²) in [5.74, 6) is 0. The minimum absolute atomic E-state index is 1.02. The fraction of sp³-hybridized carbons (Fsp3) is 0.222. The van der Waals surface area contributed by atoms with Crippen LogP contribution >= 0.6 is 0 Å². The summed E-state index contributed by atoms with van der Waals surface area (Å²) in [5, 5.41) is 16.2. The maximum Gasteiger partial charge on any atom is 0.0535 e. The van der Waals surface area contributed by atoms with Gasteiger partial charge < -0.3 is 17.6 Å². The van der Waals surface area contributed by atoms with Crippen molar-refractivity contribution in [1.29, 1.82) is 0 Å². The Balaban J connectivity index is 0.000000126. The number of rotatable bonds is 0. The highest BCUT2D eigenvalue weighted by atomic mass is 14.9. The lowest BCUT2D eigenvalue weighted by Crippen LogP contribution is -1.92. The van der Waals surface area contributed by atoms with Gasteiger partial charge in [0.2, 0.25) is 0 Å². The first-order valence-electron chi connectivity index (χ1n) is 56.2. The van der Waals surface area contributed by atoms with Crippen LogP contribution in [0.2, 0.25) is 0 Å². The molecular weight excluding hydrogens is 1790 g/mol. The number of aromatic nitrogens is 4. The zero-order chi connectivity index (χ0) is 104. The van der Waals surface area contributed by atoms with Gasteiger partial charge in [-0.25, -0.2) is 0 Å². The SMILES string of the molecule is CC.CC.CC.CC.CC.CC.CC.CC.CC.CC.CC.CC.c1ccc2c(c1)Cc1c-2ccc2c1-c1cc3c(cc1C2)c1ccccc1n1cccc31.c1ccc2c(c1)Cc1c-2ccc2c1Cc1cc3c(cc1-2)c1ccccc1n1cccc31.c1ccc2c(c1)Cc1ccc3c(c1-2)-c1cc2c(cc1C3)c1ccccc1n1cccc21.c1ccc2c(c1)Cc1ccc3c(c1-2)Cc1cc2c(cc1-3)c1ccccc1n1cccc21. The van der Waals surface area contributed by atoms with Crippen LogP contribution in [0.4, 0.5) is 0 Å². The highest BCUT2D eigenvalue weighted by molar-refractivity contribution is 6.19. The van der Waals surface area contributed by atoms with Crippen LogP contribution in [0.5, 0.6) is 0 Å². The van der Waals surface area contributed by atoms with Crippen LogP contribution in [0.25, 0.3) is 198 Å². The summed E-state index contributed by atoms with van der Waals surface area (Å²) in [7, 11) is 0. The van der Waals surface area contributed by atoms with E-state index >= 15 is 0 Å². The monoisotopic (exact) mass is 1930 g/mol. The van der Waals surface area contributed by atoms with Gasteiger partial charge in [-0.15, -0.1) is 0 Å². The summed E-state index contributed by atoms with van der Waals surface area (Å²) in [5.41, 5.74) is 57.0. The Bertz CT molecular complexity index is 9010. The molecule has 0 amide bonds. The fourth-order valence-corrected chi connectivity index (χ4v) is 24.5. The van der Waals surface area contributed by atoms with Crippen molar-refractivity contribution in [1.82, 2.24) is 17.6 Å². The Kier molecular flexibility index (Phi) is 32.4. The number of nitrogens with zero attached hydrogens (tertiary/aromatic N) is 4. The van der Waals surface area contributed by atoms with Crippen LogP contribution in [0.15, 0.2) is 365 Å². The van der Waals surface area contributed by atoms with Crippen LogP contribution < -0.4 is 0 Å². The largest absolute Gasteiger partial charge is 0.316 e. The molecule has 16 aromatic carbocycles. The van der Waals surface area contributed by atoms with E-state index in [4.69, 9.17) is 0 Å². The lowest BCUT2D eigenvalue weighted by atomic mass is 9.92. The van der Waals surface area contributed by atoms with Gasteiger partial charge in [0.15, 0.2) is 0 Å². The summed E-state index contributed by atoms with van der Waals surface area (Å²) in [6.45, 7) is 48.0. The molecule has 8 heterocycles. The fourth-order valence-electron chi connectivity index (χ4n) is 24.5. The minimum atomic E-state index is 1.02. The Morgan fingerprint density at radius 2 is 0.324 bits per heavy atom. The maximum absolute atomic E-state index is 2.47. The van der Waals surface area contributed by atoms with Crippen LogP contribution in [-0.2, 0) is 51.4 Å². The highest BCUT2D eigenvalue weighted by Crippen LogP contribution is 2.56. The topological polar surface area (TPSA) is 17.6 Å². The van der Waals surface area contributed by atoms with E-state index in [2.05, 4.69) is 382 Å². The zero-order valence-electron chi connectivity index (χ0n) is 92.1. The second kappa shape index (κ2) is 46.2.